The van der Waals surface area contributed by atoms with Crippen LogP contribution in [-0.2, 0) is 0 Å². The normalized spacial score (nSPS) is 21.1. The number of anilines is 1. The van der Waals surface area contributed by atoms with E-state index in [-0.39, 0.29) is 6.03 Å². The summed E-state index contributed by atoms with van der Waals surface area (Å²) in [5.74, 6) is 1.28. The third-order valence-corrected chi connectivity index (χ3v) is 6.75. The second-order valence-electron chi connectivity index (χ2n) is 7.21. The van der Waals surface area contributed by atoms with Gasteiger partial charge in [-0.25, -0.2) is 9.78 Å². The van der Waals surface area contributed by atoms with Crippen molar-refractivity contribution < 1.29 is 4.79 Å². The van der Waals surface area contributed by atoms with Gasteiger partial charge in [-0.3, -0.25) is 0 Å². The van der Waals surface area contributed by atoms with E-state index in [2.05, 4.69) is 27.4 Å². The van der Waals surface area contributed by atoms with E-state index in [1.54, 1.807) is 6.20 Å². The molecule has 0 unspecified atom stereocenters. The van der Waals surface area contributed by atoms with Crippen molar-refractivity contribution in [2.24, 2.45) is 0 Å². The van der Waals surface area contributed by atoms with Crippen molar-refractivity contribution in [3.8, 4) is 0 Å². The van der Waals surface area contributed by atoms with E-state index >= 15 is 0 Å². The van der Waals surface area contributed by atoms with Crippen LogP contribution in [0.5, 0.6) is 0 Å². The summed E-state index contributed by atoms with van der Waals surface area (Å²) in [7, 11) is 0. The zero-order valence-electron chi connectivity index (χ0n) is 15.0. The van der Waals surface area contributed by atoms with E-state index in [0.717, 1.165) is 37.4 Å². The van der Waals surface area contributed by atoms with Crippen molar-refractivity contribution >= 4 is 23.5 Å². The summed E-state index contributed by atoms with van der Waals surface area (Å²) in [6.07, 6.45) is 10.9. The van der Waals surface area contributed by atoms with Crippen molar-refractivity contribution in [2.45, 2.75) is 54.6 Å². The van der Waals surface area contributed by atoms with Crippen LogP contribution in [0.3, 0.4) is 0 Å². The molecule has 1 saturated heterocycles. The van der Waals surface area contributed by atoms with Gasteiger partial charge in [-0.1, -0.05) is 25.0 Å². The molecule has 0 bridgehead atoms. The van der Waals surface area contributed by atoms with Crippen molar-refractivity contribution in [1.29, 1.82) is 0 Å². The second kappa shape index (κ2) is 8.16. The first-order valence-electron chi connectivity index (χ1n) is 9.60. The van der Waals surface area contributed by atoms with Gasteiger partial charge in [0.25, 0.3) is 0 Å². The molecule has 2 aliphatic rings. The maximum Gasteiger partial charge on any atom is 0.321 e. The molecule has 2 heterocycles. The van der Waals surface area contributed by atoms with Crippen molar-refractivity contribution in [3.05, 3.63) is 42.5 Å². The number of piperidine rings is 1. The van der Waals surface area contributed by atoms with Crippen LogP contribution in [0.4, 0.5) is 10.5 Å². The summed E-state index contributed by atoms with van der Waals surface area (Å²) in [5, 5.41) is 3.84. The number of para-hydroxylation sites is 1. The molecule has 1 atom stereocenters. The Morgan fingerprint density at radius 2 is 2.04 bits per heavy atom. The Morgan fingerprint density at radius 1 is 1.19 bits per heavy atom. The fourth-order valence-corrected chi connectivity index (χ4v) is 5.27. The topological polar surface area (TPSA) is 61.0 Å². The number of likely N-dealkylation sites (tertiary alicyclic amines) is 1. The monoisotopic (exact) mass is 370 g/mol. The SMILES string of the molecule is O=C(Nc1ccccc1SC1CCCC1)N1CCC[C@@H](c2ncc[nH]2)C1. The van der Waals surface area contributed by atoms with Gasteiger partial charge in [0.05, 0.1) is 5.69 Å². The summed E-state index contributed by atoms with van der Waals surface area (Å²) in [6, 6.07) is 8.20. The van der Waals surface area contributed by atoms with E-state index in [0.29, 0.717) is 11.2 Å². The van der Waals surface area contributed by atoms with Gasteiger partial charge < -0.3 is 15.2 Å². The molecule has 1 aromatic carbocycles. The highest BCUT2D eigenvalue weighted by Crippen LogP contribution is 2.38. The number of urea groups is 1. The van der Waals surface area contributed by atoms with Gasteiger partial charge in [0, 0.05) is 41.5 Å². The molecule has 0 radical (unpaired) electrons. The van der Waals surface area contributed by atoms with Crippen LogP contribution in [0.15, 0.2) is 41.6 Å². The summed E-state index contributed by atoms with van der Waals surface area (Å²) in [4.78, 5) is 23.5. The standard InChI is InChI=1S/C20H26N4OS/c25-20(24-13-5-6-15(14-24)19-21-11-12-22-19)23-17-9-3-4-10-18(17)26-16-7-1-2-8-16/h3-4,9-12,15-16H,1-2,5-8,13-14H2,(H,21,22)(H,23,25)/t15-/m1/s1. The maximum absolute atomic E-state index is 12.8. The van der Waals surface area contributed by atoms with Crippen molar-refractivity contribution in [3.63, 3.8) is 0 Å². The number of H-pyrrole nitrogens is 1. The summed E-state index contributed by atoms with van der Waals surface area (Å²) in [6.45, 7) is 1.53. The highest BCUT2D eigenvalue weighted by Gasteiger charge is 2.26. The molecule has 5 nitrogen and oxygen atoms in total. The Kier molecular flexibility index (Phi) is 5.48. The lowest BCUT2D eigenvalue weighted by Crippen LogP contribution is -2.41. The lowest BCUT2D eigenvalue weighted by molar-refractivity contribution is 0.191. The molecule has 26 heavy (non-hydrogen) atoms. The van der Waals surface area contributed by atoms with Crippen LogP contribution in [0.25, 0.3) is 0 Å². The minimum Gasteiger partial charge on any atom is -0.348 e. The average molecular weight is 371 g/mol. The Labute approximate surface area is 159 Å². The number of amides is 2. The minimum absolute atomic E-state index is 0.000674. The second-order valence-corrected chi connectivity index (χ2v) is 8.55. The molecule has 2 amide bonds. The van der Waals surface area contributed by atoms with Gasteiger partial charge in [-0.15, -0.1) is 11.8 Å². The Bertz CT molecular complexity index is 727. The molecule has 1 aliphatic carbocycles. The number of benzene rings is 1. The fourth-order valence-electron chi connectivity index (χ4n) is 3.94. The van der Waals surface area contributed by atoms with Crippen LogP contribution in [-0.4, -0.2) is 39.2 Å². The number of aromatic amines is 1. The zero-order chi connectivity index (χ0) is 17.8. The van der Waals surface area contributed by atoms with Crippen LogP contribution >= 0.6 is 11.8 Å². The van der Waals surface area contributed by atoms with Crippen molar-refractivity contribution in [2.75, 3.05) is 18.4 Å². The lowest BCUT2D eigenvalue weighted by atomic mass is 9.98. The van der Waals surface area contributed by atoms with E-state index in [9.17, 15) is 4.79 Å². The molecule has 0 spiro atoms. The number of hydrogen-bond acceptors (Lipinski definition) is 3. The third-order valence-electron chi connectivity index (χ3n) is 5.34. The van der Waals surface area contributed by atoms with Crippen LogP contribution in [0, 0.1) is 0 Å². The lowest BCUT2D eigenvalue weighted by Gasteiger charge is -2.32. The molecule has 138 valence electrons. The van der Waals surface area contributed by atoms with Gasteiger partial charge in [0.1, 0.15) is 5.82 Å². The van der Waals surface area contributed by atoms with Gasteiger partial charge in [-0.05, 0) is 37.8 Å². The number of carbonyl (C=O) groups is 1. The fraction of sp³-hybridized carbons (Fsp3) is 0.500. The number of imidazole rings is 1. The van der Waals surface area contributed by atoms with Gasteiger partial charge in [0.15, 0.2) is 0 Å². The van der Waals surface area contributed by atoms with Gasteiger partial charge in [-0.2, -0.15) is 0 Å². The first kappa shape index (κ1) is 17.5. The molecule has 1 saturated carbocycles. The molecular formula is C20H26N4OS. The molecule has 1 aromatic heterocycles. The molecule has 2 fully saturated rings. The predicted octanol–water partition coefficient (Wildman–Crippen LogP) is 4.86. The smallest absolute Gasteiger partial charge is 0.321 e. The highest BCUT2D eigenvalue weighted by atomic mass is 32.2. The number of nitrogens with zero attached hydrogens (tertiary/aromatic N) is 2. The highest BCUT2D eigenvalue weighted by molar-refractivity contribution is 8.00. The molecular weight excluding hydrogens is 344 g/mol. The van der Waals surface area contributed by atoms with E-state index in [1.165, 1.54) is 30.6 Å². The van der Waals surface area contributed by atoms with E-state index in [1.807, 2.05) is 35.0 Å². The number of aromatic nitrogens is 2. The number of nitrogens with one attached hydrogen (secondary N) is 2. The summed E-state index contributed by atoms with van der Waals surface area (Å²) < 4.78 is 0. The van der Waals surface area contributed by atoms with Crippen LogP contribution < -0.4 is 5.32 Å². The van der Waals surface area contributed by atoms with Crippen LogP contribution in [0.2, 0.25) is 0 Å². The Balaban J connectivity index is 1.41. The van der Waals surface area contributed by atoms with E-state index in [4.69, 9.17) is 0 Å². The predicted molar refractivity (Wildman–Crippen MR) is 106 cm³/mol. The number of hydrogen-bond donors (Lipinski definition) is 2. The summed E-state index contributed by atoms with van der Waals surface area (Å²) >= 11 is 1.92. The Hall–Kier alpha value is -1.95. The molecule has 6 heteroatoms. The van der Waals surface area contributed by atoms with E-state index < -0.39 is 0 Å². The number of rotatable bonds is 4. The Morgan fingerprint density at radius 3 is 2.85 bits per heavy atom. The molecule has 1 aliphatic heterocycles. The molecule has 2 N–H and O–H groups in total. The quantitative estimate of drug-likeness (QED) is 0.808. The molecule has 4 rings (SSSR count). The summed E-state index contributed by atoms with van der Waals surface area (Å²) in [5.41, 5.74) is 0.939. The van der Waals surface area contributed by atoms with Gasteiger partial charge in [0.2, 0.25) is 0 Å². The molecule has 2 aromatic rings. The number of carbonyl (C=O) groups excluding carboxylic acids is 1. The average Bonchev–Trinajstić information content (AvgIpc) is 3.37. The van der Waals surface area contributed by atoms with Gasteiger partial charge >= 0.3 is 6.03 Å². The van der Waals surface area contributed by atoms with Crippen molar-refractivity contribution in [1.82, 2.24) is 14.9 Å². The maximum atomic E-state index is 12.8. The third kappa shape index (κ3) is 4.06. The first-order chi connectivity index (χ1) is 12.8. The van der Waals surface area contributed by atoms with Crippen LogP contribution in [0.1, 0.15) is 50.3 Å². The largest absolute Gasteiger partial charge is 0.348 e. The first-order valence-corrected chi connectivity index (χ1v) is 10.5. The number of thioether (sulfide) groups is 1. The minimum atomic E-state index is 0.000674. The zero-order valence-corrected chi connectivity index (χ0v) is 15.8.